The quantitative estimate of drug-likeness (QED) is 0.864. The molecular weight excluding hydrogens is 215 g/mol. The standard InChI is InChI=1S/C14H21FN2/c1-16-10-12-5-6-13(14(15)9-12)11-17-7-3-2-4-8-17/h5-6,9,16H,2-4,7-8,10-11H2,1H3. The number of piperidine rings is 1. The first-order valence-corrected chi connectivity index (χ1v) is 6.44. The molecule has 17 heavy (non-hydrogen) atoms. The molecule has 1 aromatic rings. The molecule has 1 fully saturated rings. The van der Waals surface area contributed by atoms with Gasteiger partial charge in [0.25, 0.3) is 0 Å². The molecule has 0 saturated carbocycles. The largest absolute Gasteiger partial charge is 0.316 e. The number of likely N-dealkylation sites (tertiary alicyclic amines) is 1. The van der Waals surface area contributed by atoms with Crippen molar-refractivity contribution < 1.29 is 4.39 Å². The van der Waals surface area contributed by atoms with Crippen molar-refractivity contribution in [1.29, 1.82) is 0 Å². The second-order valence-electron chi connectivity index (χ2n) is 4.79. The van der Waals surface area contributed by atoms with E-state index in [-0.39, 0.29) is 5.82 Å². The summed E-state index contributed by atoms with van der Waals surface area (Å²) in [5.41, 5.74) is 1.83. The first-order chi connectivity index (χ1) is 8.29. The van der Waals surface area contributed by atoms with E-state index in [4.69, 9.17) is 0 Å². The van der Waals surface area contributed by atoms with E-state index in [1.807, 2.05) is 19.2 Å². The lowest BCUT2D eigenvalue weighted by Gasteiger charge is -2.26. The highest BCUT2D eigenvalue weighted by molar-refractivity contribution is 5.24. The molecule has 1 aromatic carbocycles. The maximum absolute atomic E-state index is 13.9. The van der Waals surface area contributed by atoms with Gasteiger partial charge < -0.3 is 5.32 Å². The van der Waals surface area contributed by atoms with E-state index in [2.05, 4.69) is 10.2 Å². The fourth-order valence-electron chi connectivity index (χ4n) is 2.39. The Hall–Kier alpha value is -0.930. The molecule has 0 spiro atoms. The summed E-state index contributed by atoms with van der Waals surface area (Å²) >= 11 is 0. The number of nitrogens with one attached hydrogen (secondary N) is 1. The van der Waals surface area contributed by atoms with Crippen molar-refractivity contribution in [3.8, 4) is 0 Å². The lowest BCUT2D eigenvalue weighted by molar-refractivity contribution is 0.218. The zero-order valence-electron chi connectivity index (χ0n) is 10.5. The van der Waals surface area contributed by atoms with Crippen molar-refractivity contribution in [3.63, 3.8) is 0 Å². The molecule has 0 aliphatic carbocycles. The molecule has 0 unspecified atom stereocenters. The number of hydrogen-bond acceptors (Lipinski definition) is 2. The van der Waals surface area contributed by atoms with Crippen LogP contribution in [0.4, 0.5) is 4.39 Å². The van der Waals surface area contributed by atoms with Crippen LogP contribution in [-0.2, 0) is 13.1 Å². The molecule has 0 radical (unpaired) electrons. The smallest absolute Gasteiger partial charge is 0.128 e. The zero-order chi connectivity index (χ0) is 12.1. The van der Waals surface area contributed by atoms with Crippen molar-refractivity contribution in [1.82, 2.24) is 10.2 Å². The highest BCUT2D eigenvalue weighted by Crippen LogP contribution is 2.16. The molecule has 0 atom stereocenters. The normalized spacial score (nSPS) is 17.3. The van der Waals surface area contributed by atoms with Crippen LogP contribution in [0.2, 0.25) is 0 Å². The van der Waals surface area contributed by atoms with Crippen molar-refractivity contribution in [2.45, 2.75) is 32.4 Å². The van der Waals surface area contributed by atoms with Crippen LogP contribution in [0.3, 0.4) is 0 Å². The van der Waals surface area contributed by atoms with Crippen LogP contribution < -0.4 is 5.32 Å². The maximum Gasteiger partial charge on any atom is 0.128 e. The Bertz CT molecular complexity index is 359. The van der Waals surface area contributed by atoms with Gasteiger partial charge in [-0.05, 0) is 44.6 Å². The minimum Gasteiger partial charge on any atom is -0.316 e. The Balaban J connectivity index is 2.00. The predicted molar refractivity (Wildman–Crippen MR) is 68.3 cm³/mol. The lowest BCUT2D eigenvalue weighted by atomic mass is 10.1. The van der Waals surface area contributed by atoms with Gasteiger partial charge in [0.15, 0.2) is 0 Å². The van der Waals surface area contributed by atoms with Crippen molar-refractivity contribution in [2.24, 2.45) is 0 Å². The molecule has 1 heterocycles. The molecule has 3 heteroatoms. The maximum atomic E-state index is 13.9. The van der Waals surface area contributed by atoms with Crippen molar-refractivity contribution in [2.75, 3.05) is 20.1 Å². The van der Waals surface area contributed by atoms with E-state index in [0.717, 1.165) is 37.3 Å². The van der Waals surface area contributed by atoms with Crippen LogP contribution in [-0.4, -0.2) is 25.0 Å². The number of nitrogens with zero attached hydrogens (tertiary/aromatic N) is 1. The van der Waals surface area contributed by atoms with Gasteiger partial charge in [-0.3, -0.25) is 4.90 Å². The van der Waals surface area contributed by atoms with E-state index >= 15 is 0 Å². The number of halogens is 1. The fourth-order valence-corrected chi connectivity index (χ4v) is 2.39. The third-order valence-corrected chi connectivity index (χ3v) is 3.34. The summed E-state index contributed by atoms with van der Waals surface area (Å²) in [6.45, 7) is 3.70. The van der Waals surface area contributed by atoms with Gasteiger partial charge in [-0.1, -0.05) is 18.6 Å². The third-order valence-electron chi connectivity index (χ3n) is 3.34. The molecular formula is C14H21FN2. The van der Waals surface area contributed by atoms with Crippen molar-refractivity contribution >= 4 is 0 Å². The van der Waals surface area contributed by atoms with Gasteiger partial charge in [-0.2, -0.15) is 0 Å². The van der Waals surface area contributed by atoms with Gasteiger partial charge in [0.2, 0.25) is 0 Å². The van der Waals surface area contributed by atoms with Gasteiger partial charge in [-0.15, -0.1) is 0 Å². The van der Waals surface area contributed by atoms with E-state index in [9.17, 15) is 4.39 Å². The molecule has 0 bridgehead atoms. The summed E-state index contributed by atoms with van der Waals surface area (Å²) in [5, 5.41) is 3.03. The van der Waals surface area contributed by atoms with Crippen LogP contribution in [0.5, 0.6) is 0 Å². The molecule has 1 aliphatic heterocycles. The first kappa shape index (κ1) is 12.5. The predicted octanol–water partition coefficient (Wildman–Crippen LogP) is 2.53. The van der Waals surface area contributed by atoms with E-state index < -0.39 is 0 Å². The molecule has 2 nitrogen and oxygen atoms in total. The lowest BCUT2D eigenvalue weighted by Crippen LogP contribution is -2.29. The minimum atomic E-state index is -0.0664. The minimum absolute atomic E-state index is 0.0664. The summed E-state index contributed by atoms with van der Waals surface area (Å²) < 4.78 is 13.9. The summed E-state index contributed by atoms with van der Waals surface area (Å²) in [6, 6.07) is 5.59. The Labute approximate surface area is 103 Å². The number of hydrogen-bond donors (Lipinski definition) is 1. The Morgan fingerprint density at radius 2 is 2.00 bits per heavy atom. The Morgan fingerprint density at radius 1 is 1.24 bits per heavy atom. The van der Waals surface area contributed by atoms with Gasteiger partial charge in [0, 0.05) is 18.7 Å². The van der Waals surface area contributed by atoms with Gasteiger partial charge in [-0.25, -0.2) is 4.39 Å². The molecule has 1 saturated heterocycles. The summed E-state index contributed by atoms with van der Waals surface area (Å²) in [7, 11) is 1.87. The number of rotatable bonds is 4. The fraction of sp³-hybridized carbons (Fsp3) is 0.571. The summed E-state index contributed by atoms with van der Waals surface area (Å²) in [4.78, 5) is 2.35. The van der Waals surface area contributed by atoms with Crippen LogP contribution in [0, 0.1) is 5.82 Å². The average Bonchev–Trinajstić information content (AvgIpc) is 2.34. The Morgan fingerprint density at radius 3 is 2.65 bits per heavy atom. The summed E-state index contributed by atoms with van der Waals surface area (Å²) in [5.74, 6) is -0.0664. The molecule has 0 amide bonds. The van der Waals surface area contributed by atoms with E-state index in [1.165, 1.54) is 19.3 Å². The van der Waals surface area contributed by atoms with Gasteiger partial charge in [0.1, 0.15) is 5.82 Å². The van der Waals surface area contributed by atoms with Crippen LogP contribution in [0.25, 0.3) is 0 Å². The highest BCUT2D eigenvalue weighted by atomic mass is 19.1. The van der Waals surface area contributed by atoms with E-state index in [1.54, 1.807) is 6.07 Å². The molecule has 1 N–H and O–H groups in total. The topological polar surface area (TPSA) is 15.3 Å². The molecule has 2 rings (SSSR count). The van der Waals surface area contributed by atoms with Gasteiger partial charge in [0.05, 0.1) is 0 Å². The van der Waals surface area contributed by atoms with E-state index in [0.29, 0.717) is 0 Å². The molecule has 1 aliphatic rings. The second kappa shape index (κ2) is 6.12. The highest BCUT2D eigenvalue weighted by Gasteiger charge is 2.12. The van der Waals surface area contributed by atoms with Crippen LogP contribution in [0.1, 0.15) is 30.4 Å². The van der Waals surface area contributed by atoms with Crippen LogP contribution >= 0.6 is 0 Å². The first-order valence-electron chi connectivity index (χ1n) is 6.44. The van der Waals surface area contributed by atoms with Gasteiger partial charge >= 0.3 is 0 Å². The molecule has 94 valence electrons. The SMILES string of the molecule is CNCc1ccc(CN2CCCCC2)c(F)c1. The molecule has 0 aromatic heterocycles. The third kappa shape index (κ3) is 3.51. The zero-order valence-corrected chi connectivity index (χ0v) is 10.5. The monoisotopic (exact) mass is 236 g/mol. The number of benzene rings is 1. The Kier molecular flexibility index (Phi) is 4.51. The second-order valence-corrected chi connectivity index (χ2v) is 4.79. The summed E-state index contributed by atoms with van der Waals surface area (Å²) in [6.07, 6.45) is 3.82. The average molecular weight is 236 g/mol. The van der Waals surface area contributed by atoms with Crippen molar-refractivity contribution in [3.05, 3.63) is 35.1 Å². The van der Waals surface area contributed by atoms with Crippen LogP contribution in [0.15, 0.2) is 18.2 Å².